The van der Waals surface area contributed by atoms with Gasteiger partial charge < -0.3 is 10.0 Å². The Labute approximate surface area is 91.9 Å². The first-order valence-corrected chi connectivity index (χ1v) is 5.06. The molecule has 0 spiro atoms. The number of phenols is 1. The molecule has 1 atom stereocenters. The van der Waals surface area contributed by atoms with Gasteiger partial charge in [0.1, 0.15) is 5.75 Å². The van der Waals surface area contributed by atoms with Crippen LogP contribution < -0.4 is 4.90 Å². The predicted molar refractivity (Wildman–Crippen MR) is 57.8 cm³/mol. The van der Waals surface area contributed by atoms with E-state index < -0.39 is 5.82 Å². The largest absolute Gasteiger partial charge is 0.508 e. The molecule has 1 heterocycles. The van der Waals surface area contributed by atoms with Crippen LogP contribution in [0.3, 0.4) is 0 Å². The van der Waals surface area contributed by atoms with Crippen LogP contribution in [0.15, 0.2) is 18.2 Å². The van der Waals surface area contributed by atoms with Crippen molar-refractivity contribution in [2.24, 2.45) is 0 Å². The molecule has 2 rings (SSSR count). The molecule has 1 amide bonds. The molecule has 0 aliphatic carbocycles. The lowest BCUT2D eigenvalue weighted by Gasteiger charge is -2.16. The van der Waals surface area contributed by atoms with Gasteiger partial charge >= 0.3 is 0 Å². The summed E-state index contributed by atoms with van der Waals surface area (Å²) in [5.41, 5.74) is 0.203. The van der Waals surface area contributed by atoms with Crippen LogP contribution in [-0.4, -0.2) is 22.8 Å². The summed E-state index contributed by atoms with van der Waals surface area (Å²) in [6.45, 7) is 0.406. The van der Waals surface area contributed by atoms with Gasteiger partial charge in [-0.25, -0.2) is 4.39 Å². The van der Waals surface area contributed by atoms with Gasteiger partial charge in [-0.15, -0.1) is 0 Å². The van der Waals surface area contributed by atoms with Crippen LogP contribution in [0.1, 0.15) is 6.42 Å². The number of carbonyl (C=O) groups excluding carboxylic acids is 1. The average Bonchev–Trinajstić information content (AvgIpc) is 2.45. The third-order valence-electron chi connectivity index (χ3n) is 2.33. The van der Waals surface area contributed by atoms with Crippen LogP contribution >= 0.6 is 12.6 Å². The molecule has 5 heteroatoms. The van der Waals surface area contributed by atoms with Gasteiger partial charge in [0, 0.05) is 24.3 Å². The van der Waals surface area contributed by atoms with Crippen molar-refractivity contribution in [3.05, 3.63) is 24.0 Å². The van der Waals surface area contributed by atoms with Crippen molar-refractivity contribution in [2.45, 2.75) is 11.7 Å². The fourth-order valence-corrected chi connectivity index (χ4v) is 1.96. The maximum atomic E-state index is 13.4. The van der Waals surface area contributed by atoms with Gasteiger partial charge in [-0.1, -0.05) is 0 Å². The number of phenolic OH excluding ortho intramolecular Hbond substituents is 1. The van der Waals surface area contributed by atoms with E-state index in [1.807, 2.05) is 0 Å². The minimum atomic E-state index is -0.592. The van der Waals surface area contributed by atoms with Crippen LogP contribution in [0.2, 0.25) is 0 Å². The van der Waals surface area contributed by atoms with Gasteiger partial charge in [-0.05, 0) is 12.1 Å². The van der Waals surface area contributed by atoms with Crippen LogP contribution in [0.5, 0.6) is 5.75 Å². The summed E-state index contributed by atoms with van der Waals surface area (Å²) in [5, 5.41) is 8.99. The molecule has 1 aliphatic rings. The van der Waals surface area contributed by atoms with Crippen molar-refractivity contribution in [3.8, 4) is 5.75 Å². The summed E-state index contributed by atoms with van der Waals surface area (Å²) in [4.78, 5) is 12.8. The first-order valence-electron chi connectivity index (χ1n) is 4.55. The van der Waals surface area contributed by atoms with E-state index in [0.29, 0.717) is 13.0 Å². The minimum absolute atomic E-state index is 0.0503. The highest BCUT2D eigenvalue weighted by molar-refractivity contribution is 7.81. The number of anilines is 1. The topological polar surface area (TPSA) is 40.5 Å². The molecule has 15 heavy (non-hydrogen) atoms. The smallest absolute Gasteiger partial charge is 0.228 e. The number of hydrogen-bond acceptors (Lipinski definition) is 3. The molecule has 0 radical (unpaired) electrons. The minimum Gasteiger partial charge on any atom is -0.508 e. The van der Waals surface area contributed by atoms with Crippen LogP contribution in [0, 0.1) is 5.82 Å². The number of carbonyl (C=O) groups is 1. The van der Waals surface area contributed by atoms with Gasteiger partial charge in [-0.2, -0.15) is 12.6 Å². The van der Waals surface area contributed by atoms with E-state index in [2.05, 4.69) is 12.6 Å². The van der Waals surface area contributed by atoms with Gasteiger partial charge in [0.05, 0.1) is 5.69 Å². The van der Waals surface area contributed by atoms with Crippen molar-refractivity contribution in [1.82, 2.24) is 0 Å². The molecule has 1 aromatic carbocycles. The average molecular weight is 227 g/mol. The Kier molecular flexibility index (Phi) is 2.56. The van der Waals surface area contributed by atoms with Crippen LogP contribution in [0.25, 0.3) is 0 Å². The molecular weight excluding hydrogens is 217 g/mol. The number of hydrogen-bond donors (Lipinski definition) is 2. The van der Waals surface area contributed by atoms with E-state index >= 15 is 0 Å². The summed E-state index contributed by atoms with van der Waals surface area (Å²) in [6, 6.07) is 3.75. The van der Waals surface area contributed by atoms with E-state index in [0.717, 1.165) is 6.07 Å². The molecule has 1 unspecified atom stereocenters. The lowest BCUT2D eigenvalue weighted by molar-refractivity contribution is -0.117. The Bertz CT molecular complexity index is 410. The number of aromatic hydroxyl groups is 1. The molecule has 0 bridgehead atoms. The van der Waals surface area contributed by atoms with Crippen molar-refractivity contribution >= 4 is 24.2 Å². The molecule has 1 aromatic rings. The highest BCUT2D eigenvalue weighted by Gasteiger charge is 2.29. The Morgan fingerprint density at radius 1 is 1.53 bits per heavy atom. The van der Waals surface area contributed by atoms with Gasteiger partial charge in [0.2, 0.25) is 5.91 Å². The van der Waals surface area contributed by atoms with E-state index in [4.69, 9.17) is 5.11 Å². The van der Waals surface area contributed by atoms with Crippen molar-refractivity contribution < 1.29 is 14.3 Å². The normalized spacial score (nSPS) is 21.1. The molecular formula is C10H10FNO2S. The zero-order valence-electron chi connectivity index (χ0n) is 7.85. The zero-order valence-corrected chi connectivity index (χ0v) is 8.75. The standard InChI is InChI=1S/C10H10FNO2S/c11-8-3-6(13)1-2-9(8)12-5-7(15)4-10(12)14/h1-3,7,13,15H,4-5H2. The fraction of sp³-hybridized carbons (Fsp3) is 0.300. The van der Waals surface area contributed by atoms with Crippen LogP contribution in [0.4, 0.5) is 10.1 Å². The molecule has 1 aliphatic heterocycles. The third-order valence-corrected chi connectivity index (χ3v) is 2.67. The number of benzene rings is 1. The quantitative estimate of drug-likeness (QED) is 0.715. The molecule has 1 saturated heterocycles. The summed E-state index contributed by atoms with van der Waals surface area (Å²) in [5.74, 6) is -0.879. The van der Waals surface area contributed by atoms with Crippen molar-refractivity contribution in [2.75, 3.05) is 11.4 Å². The van der Waals surface area contributed by atoms with Crippen molar-refractivity contribution in [1.29, 1.82) is 0 Å². The van der Waals surface area contributed by atoms with Gasteiger partial charge in [0.25, 0.3) is 0 Å². The number of amides is 1. The number of rotatable bonds is 1. The highest BCUT2D eigenvalue weighted by Crippen LogP contribution is 2.28. The fourth-order valence-electron chi connectivity index (χ4n) is 1.64. The first-order chi connectivity index (χ1) is 7.08. The Hall–Kier alpha value is -1.23. The SMILES string of the molecule is O=C1CC(S)CN1c1ccc(O)cc1F. The Morgan fingerprint density at radius 2 is 2.27 bits per heavy atom. The molecule has 0 saturated carbocycles. The van der Waals surface area contributed by atoms with E-state index in [-0.39, 0.29) is 22.6 Å². The molecule has 1 fully saturated rings. The van der Waals surface area contributed by atoms with Gasteiger partial charge in [-0.3, -0.25) is 4.79 Å². The number of halogens is 1. The van der Waals surface area contributed by atoms with Crippen molar-refractivity contribution in [3.63, 3.8) is 0 Å². The summed E-state index contributed by atoms with van der Waals surface area (Å²) < 4.78 is 13.4. The first kappa shape index (κ1) is 10.3. The van der Waals surface area contributed by atoms with E-state index in [9.17, 15) is 9.18 Å². The monoisotopic (exact) mass is 227 g/mol. The summed E-state index contributed by atoms with van der Waals surface area (Å²) >= 11 is 4.18. The zero-order chi connectivity index (χ0) is 11.0. The second-order valence-corrected chi connectivity index (χ2v) is 4.23. The Balaban J connectivity index is 2.34. The predicted octanol–water partition coefficient (Wildman–Crippen LogP) is 1.57. The molecule has 0 aromatic heterocycles. The molecule has 3 nitrogen and oxygen atoms in total. The third kappa shape index (κ3) is 1.92. The molecule has 80 valence electrons. The Morgan fingerprint density at radius 3 is 2.80 bits per heavy atom. The van der Waals surface area contributed by atoms with Crippen LogP contribution in [-0.2, 0) is 4.79 Å². The summed E-state index contributed by atoms with van der Waals surface area (Å²) in [6.07, 6.45) is 0.323. The maximum Gasteiger partial charge on any atom is 0.228 e. The second kappa shape index (κ2) is 3.73. The lowest BCUT2D eigenvalue weighted by atomic mass is 10.2. The van der Waals surface area contributed by atoms with Gasteiger partial charge in [0.15, 0.2) is 5.82 Å². The second-order valence-electron chi connectivity index (χ2n) is 3.50. The molecule has 1 N–H and O–H groups in total. The lowest BCUT2D eigenvalue weighted by Crippen LogP contribution is -2.25. The van der Waals surface area contributed by atoms with E-state index in [1.165, 1.54) is 17.0 Å². The summed E-state index contributed by atoms with van der Waals surface area (Å²) in [7, 11) is 0. The number of nitrogens with zero attached hydrogens (tertiary/aromatic N) is 1. The number of thiol groups is 1. The maximum absolute atomic E-state index is 13.4. The highest BCUT2D eigenvalue weighted by atomic mass is 32.1. The van der Waals surface area contributed by atoms with E-state index in [1.54, 1.807) is 0 Å².